The zero-order chi connectivity index (χ0) is 22.5. The van der Waals surface area contributed by atoms with Crippen molar-refractivity contribution in [3.05, 3.63) is 78.2 Å². The van der Waals surface area contributed by atoms with E-state index < -0.39 is 0 Å². The molecular weight excluding hydrogens is 430 g/mol. The SMILES string of the molecule is SC(c1nnc(-c2ccc(OCCCN3CCCCC3)cc2)o1)c1cccc2ccccc12. The monoisotopic (exact) mass is 459 g/mol. The molecule has 0 bridgehead atoms. The minimum absolute atomic E-state index is 0.292. The zero-order valence-electron chi connectivity index (χ0n) is 18.7. The second-order valence-electron chi connectivity index (χ2n) is 8.55. The molecule has 0 amide bonds. The number of aromatic nitrogens is 2. The van der Waals surface area contributed by atoms with Gasteiger partial charge in [-0.3, -0.25) is 0 Å². The van der Waals surface area contributed by atoms with Gasteiger partial charge < -0.3 is 14.1 Å². The van der Waals surface area contributed by atoms with Crippen molar-refractivity contribution < 1.29 is 9.15 Å². The molecule has 1 atom stereocenters. The smallest absolute Gasteiger partial charge is 0.247 e. The van der Waals surface area contributed by atoms with Crippen LogP contribution in [0.1, 0.15) is 42.4 Å². The highest BCUT2D eigenvalue weighted by atomic mass is 32.1. The first-order valence-electron chi connectivity index (χ1n) is 11.7. The summed E-state index contributed by atoms with van der Waals surface area (Å²) in [6.07, 6.45) is 5.08. The molecule has 5 nitrogen and oxygen atoms in total. The Morgan fingerprint density at radius 2 is 1.70 bits per heavy atom. The van der Waals surface area contributed by atoms with Crippen molar-refractivity contribution in [2.75, 3.05) is 26.2 Å². The van der Waals surface area contributed by atoms with E-state index in [0.29, 0.717) is 11.8 Å². The van der Waals surface area contributed by atoms with Gasteiger partial charge >= 0.3 is 0 Å². The molecule has 5 rings (SSSR count). The lowest BCUT2D eigenvalue weighted by molar-refractivity contribution is 0.205. The minimum atomic E-state index is -0.292. The molecule has 1 aromatic heterocycles. The number of nitrogens with zero attached hydrogens (tertiary/aromatic N) is 3. The Bertz CT molecular complexity index is 1180. The zero-order valence-corrected chi connectivity index (χ0v) is 19.6. The molecule has 1 aliphatic heterocycles. The fourth-order valence-electron chi connectivity index (χ4n) is 4.44. The predicted octanol–water partition coefficient (Wildman–Crippen LogP) is 6.16. The number of ether oxygens (including phenoxy) is 1. The van der Waals surface area contributed by atoms with E-state index in [9.17, 15) is 0 Å². The molecule has 2 heterocycles. The van der Waals surface area contributed by atoms with Gasteiger partial charge in [-0.1, -0.05) is 48.9 Å². The summed E-state index contributed by atoms with van der Waals surface area (Å²) in [7, 11) is 0. The Balaban J connectivity index is 1.20. The average molecular weight is 460 g/mol. The third-order valence-electron chi connectivity index (χ3n) is 6.23. The first-order valence-corrected chi connectivity index (χ1v) is 12.2. The molecule has 0 radical (unpaired) electrons. The Hall–Kier alpha value is -2.83. The van der Waals surface area contributed by atoms with E-state index in [4.69, 9.17) is 21.8 Å². The van der Waals surface area contributed by atoms with Gasteiger partial charge in [0.15, 0.2) is 0 Å². The van der Waals surface area contributed by atoms with Crippen molar-refractivity contribution in [1.82, 2.24) is 15.1 Å². The standard InChI is InChI=1S/C27H29N3O2S/c33-25(24-11-6-9-20-8-2-3-10-23(20)24)27-29-28-26(32-27)21-12-14-22(15-13-21)31-19-7-18-30-16-4-1-5-17-30/h2-3,6,8-15,25,33H,1,4-5,7,16-19H2. The van der Waals surface area contributed by atoms with E-state index in [1.165, 1.54) is 37.7 Å². The molecule has 6 heteroatoms. The predicted molar refractivity (Wildman–Crippen MR) is 135 cm³/mol. The van der Waals surface area contributed by atoms with Gasteiger partial charge in [-0.05, 0) is 73.0 Å². The summed E-state index contributed by atoms with van der Waals surface area (Å²) in [5.74, 6) is 1.84. The van der Waals surface area contributed by atoms with Crippen LogP contribution in [-0.2, 0) is 0 Å². The number of hydrogen-bond donors (Lipinski definition) is 1. The number of rotatable bonds is 8. The highest BCUT2D eigenvalue weighted by molar-refractivity contribution is 7.80. The van der Waals surface area contributed by atoms with E-state index in [1.807, 2.05) is 42.5 Å². The van der Waals surface area contributed by atoms with Crippen molar-refractivity contribution in [2.24, 2.45) is 0 Å². The summed E-state index contributed by atoms with van der Waals surface area (Å²) in [5.41, 5.74) is 1.92. The van der Waals surface area contributed by atoms with Gasteiger partial charge in [0.2, 0.25) is 11.8 Å². The van der Waals surface area contributed by atoms with Crippen molar-refractivity contribution >= 4 is 23.4 Å². The summed E-state index contributed by atoms with van der Waals surface area (Å²) < 4.78 is 11.9. The van der Waals surface area contributed by atoms with Crippen LogP contribution < -0.4 is 4.74 Å². The third kappa shape index (κ3) is 5.23. The number of likely N-dealkylation sites (tertiary alicyclic amines) is 1. The summed E-state index contributed by atoms with van der Waals surface area (Å²) in [6, 6.07) is 22.3. The minimum Gasteiger partial charge on any atom is -0.494 e. The Morgan fingerprint density at radius 1 is 0.909 bits per heavy atom. The number of hydrogen-bond acceptors (Lipinski definition) is 6. The van der Waals surface area contributed by atoms with E-state index in [0.717, 1.165) is 41.8 Å². The van der Waals surface area contributed by atoms with Crippen LogP contribution in [0.5, 0.6) is 5.75 Å². The lowest BCUT2D eigenvalue weighted by Crippen LogP contribution is -2.31. The summed E-state index contributed by atoms with van der Waals surface area (Å²) in [6.45, 7) is 4.31. The summed E-state index contributed by atoms with van der Waals surface area (Å²) in [5, 5.41) is 10.5. The highest BCUT2D eigenvalue weighted by Crippen LogP contribution is 2.34. The van der Waals surface area contributed by atoms with E-state index in [-0.39, 0.29) is 5.25 Å². The van der Waals surface area contributed by atoms with Crippen LogP contribution in [0.4, 0.5) is 0 Å². The second kappa shape index (κ2) is 10.4. The second-order valence-corrected chi connectivity index (χ2v) is 9.06. The van der Waals surface area contributed by atoms with Gasteiger partial charge in [0, 0.05) is 12.1 Å². The normalized spacial score (nSPS) is 15.5. The summed E-state index contributed by atoms with van der Waals surface area (Å²) in [4.78, 5) is 2.54. The molecule has 33 heavy (non-hydrogen) atoms. The average Bonchev–Trinajstić information content (AvgIpc) is 3.37. The molecule has 0 spiro atoms. The van der Waals surface area contributed by atoms with Crippen LogP contribution >= 0.6 is 12.6 Å². The fraction of sp³-hybridized carbons (Fsp3) is 0.333. The quantitative estimate of drug-likeness (QED) is 0.252. The van der Waals surface area contributed by atoms with Crippen molar-refractivity contribution in [1.29, 1.82) is 0 Å². The van der Waals surface area contributed by atoms with Crippen molar-refractivity contribution in [3.8, 4) is 17.2 Å². The number of benzene rings is 3. The molecule has 1 fully saturated rings. The molecular formula is C27H29N3O2S. The molecule has 1 aliphatic rings. The van der Waals surface area contributed by atoms with Crippen LogP contribution in [0.2, 0.25) is 0 Å². The topological polar surface area (TPSA) is 51.4 Å². The first-order chi connectivity index (χ1) is 16.3. The van der Waals surface area contributed by atoms with Crippen LogP contribution in [0.15, 0.2) is 71.1 Å². The largest absolute Gasteiger partial charge is 0.494 e. The van der Waals surface area contributed by atoms with E-state index >= 15 is 0 Å². The fourth-order valence-corrected chi connectivity index (χ4v) is 4.77. The van der Waals surface area contributed by atoms with Gasteiger partial charge in [-0.2, -0.15) is 12.6 Å². The molecule has 0 saturated carbocycles. The first kappa shape index (κ1) is 22.0. The molecule has 170 valence electrons. The van der Waals surface area contributed by atoms with Gasteiger partial charge in [-0.15, -0.1) is 10.2 Å². The maximum Gasteiger partial charge on any atom is 0.247 e. The highest BCUT2D eigenvalue weighted by Gasteiger charge is 2.19. The van der Waals surface area contributed by atoms with Crippen LogP contribution in [0.25, 0.3) is 22.2 Å². The van der Waals surface area contributed by atoms with Crippen molar-refractivity contribution in [3.63, 3.8) is 0 Å². The van der Waals surface area contributed by atoms with Gasteiger partial charge in [0.25, 0.3) is 0 Å². The Kier molecular flexibility index (Phi) is 6.93. The van der Waals surface area contributed by atoms with Crippen LogP contribution in [-0.4, -0.2) is 41.3 Å². The molecule has 1 unspecified atom stereocenters. The van der Waals surface area contributed by atoms with Crippen molar-refractivity contribution in [2.45, 2.75) is 30.9 Å². The third-order valence-corrected chi connectivity index (χ3v) is 6.73. The maximum atomic E-state index is 6.00. The van der Waals surface area contributed by atoms with Gasteiger partial charge in [0.05, 0.1) is 6.61 Å². The van der Waals surface area contributed by atoms with E-state index in [2.05, 4.69) is 39.4 Å². The number of fused-ring (bicyclic) bond motifs is 1. The molecule has 4 aromatic rings. The maximum absolute atomic E-state index is 6.00. The van der Waals surface area contributed by atoms with Gasteiger partial charge in [-0.25, -0.2) is 0 Å². The molecule has 0 N–H and O–H groups in total. The Morgan fingerprint density at radius 3 is 2.55 bits per heavy atom. The molecule has 0 aliphatic carbocycles. The molecule has 1 saturated heterocycles. The number of piperidine rings is 1. The van der Waals surface area contributed by atoms with Crippen LogP contribution in [0, 0.1) is 0 Å². The van der Waals surface area contributed by atoms with Crippen LogP contribution in [0.3, 0.4) is 0 Å². The lowest BCUT2D eigenvalue weighted by Gasteiger charge is -2.26. The Labute approximate surface area is 200 Å². The molecule has 3 aromatic carbocycles. The van der Waals surface area contributed by atoms with Gasteiger partial charge in [0.1, 0.15) is 11.0 Å². The summed E-state index contributed by atoms with van der Waals surface area (Å²) >= 11 is 4.79. The van der Waals surface area contributed by atoms with E-state index in [1.54, 1.807) is 0 Å². The lowest BCUT2D eigenvalue weighted by atomic mass is 10.0. The number of thiol groups is 1.